The Morgan fingerprint density at radius 2 is 2.09 bits per heavy atom. The number of hydrogen-bond acceptors (Lipinski definition) is 4. The van der Waals surface area contributed by atoms with Crippen LogP contribution in [0.2, 0.25) is 0 Å². The lowest BCUT2D eigenvalue weighted by atomic mass is 10.0. The van der Waals surface area contributed by atoms with Gasteiger partial charge in [0.25, 0.3) is 0 Å². The van der Waals surface area contributed by atoms with Gasteiger partial charge in [-0.1, -0.05) is 24.3 Å². The molecule has 1 atom stereocenters. The molecule has 1 fully saturated rings. The topological polar surface area (TPSA) is 62.3 Å². The van der Waals surface area contributed by atoms with Crippen LogP contribution in [0.15, 0.2) is 48.8 Å². The molecule has 0 saturated carbocycles. The summed E-state index contributed by atoms with van der Waals surface area (Å²) in [7, 11) is -3.13. The van der Waals surface area contributed by atoms with Crippen molar-refractivity contribution in [1.82, 2.24) is 14.6 Å². The van der Waals surface area contributed by atoms with Crippen molar-refractivity contribution in [3.05, 3.63) is 54.4 Å². The van der Waals surface area contributed by atoms with Crippen LogP contribution < -0.4 is 4.72 Å². The summed E-state index contributed by atoms with van der Waals surface area (Å²) in [5.41, 5.74) is 3.49. The fourth-order valence-corrected chi connectivity index (χ4v) is 3.81. The van der Waals surface area contributed by atoms with E-state index in [4.69, 9.17) is 0 Å². The molecule has 1 N–H and O–H groups in total. The molecule has 23 heavy (non-hydrogen) atoms. The van der Waals surface area contributed by atoms with Gasteiger partial charge in [-0.3, -0.25) is 9.88 Å². The molecular weight excluding hydrogens is 310 g/mol. The molecule has 5 nitrogen and oxygen atoms in total. The SMILES string of the molecule is CS(=O)(=O)N[C@H]1CCN(Cc2cccc(-c3cccnc3)c2)C1. The van der Waals surface area contributed by atoms with Crippen LogP contribution in [-0.4, -0.2) is 43.7 Å². The van der Waals surface area contributed by atoms with Gasteiger partial charge in [0.2, 0.25) is 10.0 Å². The quantitative estimate of drug-likeness (QED) is 0.908. The highest BCUT2D eigenvalue weighted by Crippen LogP contribution is 2.21. The van der Waals surface area contributed by atoms with E-state index in [0.29, 0.717) is 0 Å². The first-order chi connectivity index (χ1) is 11.0. The standard InChI is InChI=1S/C17H21N3O2S/c1-23(21,22)19-17-7-9-20(13-17)12-14-4-2-5-15(10-14)16-6-3-8-18-11-16/h2-6,8,10-11,17,19H,7,9,12-13H2,1H3/t17-/m0/s1. The molecule has 1 aliphatic heterocycles. The van der Waals surface area contributed by atoms with E-state index in [9.17, 15) is 8.42 Å². The smallest absolute Gasteiger partial charge is 0.208 e. The molecule has 0 amide bonds. The highest BCUT2D eigenvalue weighted by molar-refractivity contribution is 7.88. The van der Waals surface area contributed by atoms with Gasteiger partial charge in [-0.2, -0.15) is 0 Å². The van der Waals surface area contributed by atoms with E-state index in [2.05, 4.69) is 38.9 Å². The van der Waals surface area contributed by atoms with Gasteiger partial charge in [0.05, 0.1) is 6.26 Å². The van der Waals surface area contributed by atoms with E-state index in [0.717, 1.165) is 37.2 Å². The lowest BCUT2D eigenvalue weighted by Crippen LogP contribution is -2.36. The predicted molar refractivity (Wildman–Crippen MR) is 91.3 cm³/mol. The third kappa shape index (κ3) is 4.60. The van der Waals surface area contributed by atoms with Crippen molar-refractivity contribution in [2.45, 2.75) is 19.0 Å². The number of nitrogens with zero attached hydrogens (tertiary/aromatic N) is 2. The van der Waals surface area contributed by atoms with Gasteiger partial charge in [-0.25, -0.2) is 13.1 Å². The van der Waals surface area contributed by atoms with Gasteiger partial charge >= 0.3 is 0 Å². The van der Waals surface area contributed by atoms with E-state index in [-0.39, 0.29) is 6.04 Å². The van der Waals surface area contributed by atoms with Crippen molar-refractivity contribution >= 4 is 10.0 Å². The van der Waals surface area contributed by atoms with E-state index < -0.39 is 10.0 Å². The van der Waals surface area contributed by atoms with Crippen LogP contribution in [0.3, 0.4) is 0 Å². The Labute approximate surface area is 137 Å². The fourth-order valence-electron chi connectivity index (χ4n) is 3.02. The molecule has 3 rings (SSSR count). The predicted octanol–water partition coefficient (Wildman–Crippen LogP) is 1.87. The third-order valence-electron chi connectivity index (χ3n) is 3.98. The zero-order valence-corrected chi connectivity index (χ0v) is 14.0. The number of likely N-dealkylation sites (tertiary alicyclic amines) is 1. The normalized spacial score (nSPS) is 19.1. The van der Waals surface area contributed by atoms with Crippen LogP contribution in [0, 0.1) is 0 Å². The highest BCUT2D eigenvalue weighted by atomic mass is 32.2. The molecule has 1 aromatic carbocycles. The summed E-state index contributed by atoms with van der Waals surface area (Å²) < 4.78 is 25.3. The summed E-state index contributed by atoms with van der Waals surface area (Å²) in [6, 6.07) is 12.4. The molecule has 2 aromatic rings. The summed E-state index contributed by atoms with van der Waals surface area (Å²) in [6.07, 6.45) is 5.70. The first kappa shape index (κ1) is 16.1. The molecular formula is C17H21N3O2S. The maximum Gasteiger partial charge on any atom is 0.208 e. The highest BCUT2D eigenvalue weighted by Gasteiger charge is 2.24. The van der Waals surface area contributed by atoms with Crippen LogP contribution >= 0.6 is 0 Å². The second-order valence-corrected chi connectivity index (χ2v) is 7.83. The van der Waals surface area contributed by atoms with Gasteiger partial charge in [0, 0.05) is 38.1 Å². The summed E-state index contributed by atoms with van der Waals surface area (Å²) in [5.74, 6) is 0. The van der Waals surface area contributed by atoms with E-state index in [1.54, 1.807) is 6.20 Å². The Bertz CT molecular complexity index is 762. The van der Waals surface area contributed by atoms with E-state index >= 15 is 0 Å². The maximum absolute atomic E-state index is 11.3. The first-order valence-corrected chi connectivity index (χ1v) is 9.58. The minimum Gasteiger partial charge on any atom is -0.297 e. The molecule has 122 valence electrons. The lowest BCUT2D eigenvalue weighted by molar-refractivity contribution is 0.325. The van der Waals surface area contributed by atoms with Gasteiger partial charge < -0.3 is 0 Å². The minimum absolute atomic E-state index is 0.0199. The summed E-state index contributed by atoms with van der Waals surface area (Å²) in [4.78, 5) is 6.45. The molecule has 0 bridgehead atoms. The zero-order valence-electron chi connectivity index (χ0n) is 13.1. The Hall–Kier alpha value is -1.76. The lowest BCUT2D eigenvalue weighted by Gasteiger charge is -2.17. The fraction of sp³-hybridized carbons (Fsp3) is 0.353. The average molecular weight is 331 g/mol. The molecule has 2 heterocycles. The Kier molecular flexibility index (Phi) is 4.75. The Morgan fingerprint density at radius 1 is 1.26 bits per heavy atom. The number of sulfonamides is 1. The number of hydrogen-bond donors (Lipinski definition) is 1. The summed E-state index contributed by atoms with van der Waals surface area (Å²) >= 11 is 0. The van der Waals surface area contributed by atoms with Gasteiger partial charge in [-0.15, -0.1) is 0 Å². The number of aromatic nitrogens is 1. The van der Waals surface area contributed by atoms with Crippen LogP contribution in [0.4, 0.5) is 0 Å². The molecule has 1 aliphatic rings. The van der Waals surface area contributed by atoms with Crippen LogP contribution in [0.5, 0.6) is 0 Å². The van der Waals surface area contributed by atoms with Crippen molar-refractivity contribution in [3.63, 3.8) is 0 Å². The second kappa shape index (κ2) is 6.78. The molecule has 0 unspecified atom stereocenters. The second-order valence-electron chi connectivity index (χ2n) is 6.05. The summed E-state index contributed by atoms with van der Waals surface area (Å²) in [5, 5.41) is 0. The van der Waals surface area contributed by atoms with E-state index in [1.807, 2.05) is 18.3 Å². The largest absolute Gasteiger partial charge is 0.297 e. The molecule has 1 aromatic heterocycles. The molecule has 0 radical (unpaired) electrons. The van der Waals surface area contributed by atoms with Gasteiger partial charge in [-0.05, 0) is 35.2 Å². The van der Waals surface area contributed by atoms with Crippen molar-refractivity contribution in [2.75, 3.05) is 19.3 Å². The van der Waals surface area contributed by atoms with Crippen LogP contribution in [0.25, 0.3) is 11.1 Å². The molecule has 1 saturated heterocycles. The van der Waals surface area contributed by atoms with Crippen molar-refractivity contribution in [2.24, 2.45) is 0 Å². The zero-order chi connectivity index (χ0) is 16.3. The number of nitrogens with one attached hydrogen (secondary N) is 1. The minimum atomic E-state index is -3.13. The van der Waals surface area contributed by atoms with Gasteiger partial charge in [0.1, 0.15) is 0 Å². The Balaban J connectivity index is 1.65. The van der Waals surface area contributed by atoms with Crippen LogP contribution in [0.1, 0.15) is 12.0 Å². The first-order valence-electron chi connectivity index (χ1n) is 7.68. The molecule has 0 aliphatic carbocycles. The average Bonchev–Trinajstić information content (AvgIpc) is 2.93. The maximum atomic E-state index is 11.3. The Morgan fingerprint density at radius 3 is 2.83 bits per heavy atom. The monoisotopic (exact) mass is 331 g/mol. The number of benzene rings is 1. The third-order valence-corrected chi connectivity index (χ3v) is 4.74. The van der Waals surface area contributed by atoms with Crippen molar-refractivity contribution in [3.8, 4) is 11.1 Å². The van der Waals surface area contributed by atoms with Crippen molar-refractivity contribution < 1.29 is 8.42 Å². The van der Waals surface area contributed by atoms with Gasteiger partial charge in [0.15, 0.2) is 0 Å². The van der Waals surface area contributed by atoms with Crippen molar-refractivity contribution in [1.29, 1.82) is 0 Å². The van der Waals surface area contributed by atoms with E-state index in [1.165, 1.54) is 11.8 Å². The summed E-state index contributed by atoms with van der Waals surface area (Å²) in [6.45, 7) is 2.49. The number of rotatable bonds is 5. The van der Waals surface area contributed by atoms with Crippen LogP contribution in [-0.2, 0) is 16.6 Å². The number of pyridine rings is 1. The molecule has 6 heteroatoms. The molecule has 0 spiro atoms.